The summed E-state index contributed by atoms with van der Waals surface area (Å²) in [6.45, 7) is 0. The number of hydrogen-bond acceptors (Lipinski definition) is 5. The molecule has 0 atom stereocenters. The molecule has 2 aliphatic rings. The third-order valence-corrected chi connectivity index (χ3v) is 5.47. The summed E-state index contributed by atoms with van der Waals surface area (Å²) in [5, 5.41) is 2.55. The topological polar surface area (TPSA) is 65.7 Å². The van der Waals surface area contributed by atoms with Crippen molar-refractivity contribution in [3.63, 3.8) is 0 Å². The van der Waals surface area contributed by atoms with Gasteiger partial charge in [0.1, 0.15) is 17.1 Å². The fourth-order valence-corrected chi connectivity index (χ4v) is 4.10. The van der Waals surface area contributed by atoms with Crippen molar-refractivity contribution in [2.45, 2.75) is 0 Å². The minimum atomic E-state index is -0.446. The largest absolute Gasteiger partial charge is 0.496 e. The Balaban J connectivity index is 2.07. The molecule has 0 saturated carbocycles. The van der Waals surface area contributed by atoms with Gasteiger partial charge in [0.25, 0.3) is 0 Å². The van der Waals surface area contributed by atoms with Gasteiger partial charge in [-0.2, -0.15) is 0 Å². The lowest BCUT2D eigenvalue weighted by Crippen LogP contribution is -2.06. The number of benzene rings is 4. The Bertz CT molecular complexity index is 1500. The highest BCUT2D eigenvalue weighted by molar-refractivity contribution is 6.16. The standard InChI is InChI=1S/C26H18O5/c1-29-22-13-15-7-3-4-8-17(15)25-24(22)23(20-12-11-16(27)14-21(20)31-25)18-9-5-6-10-19(18)26(28)30-2/h3-14H,1-2H3. The van der Waals surface area contributed by atoms with Gasteiger partial charge in [-0.25, -0.2) is 4.79 Å². The number of carbonyl (C=O) groups excluding carboxylic acids is 1. The second-order valence-electron chi connectivity index (χ2n) is 7.18. The summed E-state index contributed by atoms with van der Waals surface area (Å²) in [6, 6.07) is 21.7. The van der Waals surface area contributed by atoms with Crippen molar-refractivity contribution in [1.82, 2.24) is 0 Å². The minimum absolute atomic E-state index is 0.157. The quantitative estimate of drug-likeness (QED) is 0.223. The van der Waals surface area contributed by atoms with Crippen LogP contribution in [0.1, 0.15) is 10.4 Å². The van der Waals surface area contributed by atoms with Crippen LogP contribution in [0.3, 0.4) is 0 Å². The van der Waals surface area contributed by atoms with E-state index in [1.54, 1.807) is 25.3 Å². The van der Waals surface area contributed by atoms with Gasteiger partial charge in [-0.05, 0) is 35.2 Å². The molecule has 5 heteroatoms. The average Bonchev–Trinajstić information content (AvgIpc) is 2.81. The van der Waals surface area contributed by atoms with Crippen molar-refractivity contribution in [2.75, 3.05) is 14.2 Å². The molecule has 0 radical (unpaired) electrons. The molecule has 0 saturated heterocycles. The number of methoxy groups -OCH3 is 2. The van der Waals surface area contributed by atoms with Gasteiger partial charge in [-0.3, -0.25) is 4.79 Å². The average molecular weight is 410 g/mol. The highest BCUT2D eigenvalue weighted by Crippen LogP contribution is 2.46. The Morgan fingerprint density at radius 3 is 2.45 bits per heavy atom. The maximum Gasteiger partial charge on any atom is 0.338 e. The van der Waals surface area contributed by atoms with E-state index < -0.39 is 5.97 Å². The van der Waals surface area contributed by atoms with Crippen molar-refractivity contribution in [2.24, 2.45) is 0 Å². The van der Waals surface area contributed by atoms with E-state index in [2.05, 4.69) is 0 Å². The normalized spacial score (nSPS) is 11.2. The van der Waals surface area contributed by atoms with Crippen LogP contribution >= 0.6 is 0 Å². The number of hydrogen-bond donors (Lipinski definition) is 0. The first-order valence-electron chi connectivity index (χ1n) is 9.76. The summed E-state index contributed by atoms with van der Waals surface area (Å²) in [7, 11) is 2.96. The number of ether oxygens (including phenoxy) is 2. The Morgan fingerprint density at radius 2 is 1.65 bits per heavy atom. The summed E-state index contributed by atoms with van der Waals surface area (Å²) in [5.74, 6) is 0.603. The molecule has 0 amide bonds. The monoisotopic (exact) mass is 410 g/mol. The first-order valence-corrected chi connectivity index (χ1v) is 9.76. The number of rotatable bonds is 3. The van der Waals surface area contributed by atoms with E-state index in [-0.39, 0.29) is 5.43 Å². The smallest absolute Gasteiger partial charge is 0.338 e. The van der Waals surface area contributed by atoms with Crippen molar-refractivity contribution < 1.29 is 18.7 Å². The molecule has 0 fully saturated rings. The molecule has 3 aromatic rings. The predicted octanol–water partition coefficient (Wildman–Crippen LogP) is 5.51. The molecule has 31 heavy (non-hydrogen) atoms. The van der Waals surface area contributed by atoms with Crippen LogP contribution in [0.25, 0.3) is 44.2 Å². The fraction of sp³-hybridized carbons (Fsp3) is 0.0769. The molecule has 0 bridgehead atoms. The van der Waals surface area contributed by atoms with Crippen molar-refractivity contribution in [3.05, 3.63) is 88.6 Å². The van der Waals surface area contributed by atoms with Crippen LogP contribution in [-0.4, -0.2) is 20.2 Å². The van der Waals surface area contributed by atoms with Gasteiger partial charge in [-0.1, -0.05) is 42.5 Å². The van der Waals surface area contributed by atoms with E-state index in [9.17, 15) is 9.59 Å². The molecule has 5 rings (SSSR count). The third-order valence-electron chi connectivity index (χ3n) is 5.47. The highest BCUT2D eigenvalue weighted by atomic mass is 16.5. The zero-order valence-corrected chi connectivity index (χ0v) is 17.0. The Labute approximate surface area is 177 Å². The van der Waals surface area contributed by atoms with E-state index in [0.29, 0.717) is 33.8 Å². The zero-order valence-electron chi connectivity index (χ0n) is 17.0. The van der Waals surface area contributed by atoms with Gasteiger partial charge in [0.2, 0.25) is 0 Å². The highest BCUT2D eigenvalue weighted by Gasteiger charge is 2.25. The van der Waals surface area contributed by atoms with E-state index in [1.165, 1.54) is 19.2 Å². The molecule has 3 aromatic carbocycles. The minimum Gasteiger partial charge on any atom is -0.496 e. The fourth-order valence-electron chi connectivity index (χ4n) is 4.10. The van der Waals surface area contributed by atoms with Crippen LogP contribution < -0.4 is 10.2 Å². The lowest BCUT2D eigenvalue weighted by Gasteiger charge is -2.19. The molecule has 1 aliphatic carbocycles. The first-order chi connectivity index (χ1) is 15.1. The van der Waals surface area contributed by atoms with Crippen LogP contribution in [0.4, 0.5) is 0 Å². The Kier molecular flexibility index (Phi) is 4.44. The molecular formula is C26H18O5. The predicted molar refractivity (Wildman–Crippen MR) is 120 cm³/mol. The van der Waals surface area contributed by atoms with Gasteiger partial charge >= 0.3 is 5.97 Å². The van der Waals surface area contributed by atoms with Crippen LogP contribution in [0.5, 0.6) is 5.75 Å². The number of fused-ring (bicyclic) bond motifs is 4. The maximum absolute atomic E-state index is 12.6. The first kappa shape index (κ1) is 18.9. The molecular weight excluding hydrogens is 392 g/mol. The molecule has 5 nitrogen and oxygen atoms in total. The van der Waals surface area contributed by atoms with Crippen LogP contribution in [0.2, 0.25) is 0 Å². The Morgan fingerprint density at radius 1 is 0.871 bits per heavy atom. The van der Waals surface area contributed by atoms with Gasteiger partial charge in [0, 0.05) is 22.6 Å². The third kappa shape index (κ3) is 2.94. The van der Waals surface area contributed by atoms with Gasteiger partial charge < -0.3 is 13.9 Å². The summed E-state index contributed by atoms with van der Waals surface area (Å²) in [6.07, 6.45) is 0. The van der Waals surface area contributed by atoms with Crippen LogP contribution in [-0.2, 0) is 4.74 Å². The van der Waals surface area contributed by atoms with Crippen LogP contribution in [0, 0.1) is 0 Å². The maximum atomic E-state index is 12.6. The summed E-state index contributed by atoms with van der Waals surface area (Å²) in [4.78, 5) is 24.7. The molecule has 1 heterocycles. The number of carbonyl (C=O) groups is 1. The Hall–Kier alpha value is -4.12. The molecule has 0 aromatic heterocycles. The van der Waals surface area contributed by atoms with E-state index >= 15 is 0 Å². The molecule has 1 aliphatic heterocycles. The van der Waals surface area contributed by atoms with Gasteiger partial charge in [-0.15, -0.1) is 0 Å². The summed E-state index contributed by atoms with van der Waals surface area (Å²) >= 11 is 0. The van der Waals surface area contributed by atoms with Crippen LogP contribution in [0.15, 0.2) is 82.0 Å². The van der Waals surface area contributed by atoms with E-state index in [4.69, 9.17) is 13.9 Å². The lowest BCUT2D eigenvalue weighted by atomic mass is 9.89. The molecule has 0 spiro atoms. The van der Waals surface area contributed by atoms with Crippen molar-refractivity contribution in [1.29, 1.82) is 0 Å². The molecule has 152 valence electrons. The summed E-state index contributed by atoms with van der Waals surface area (Å²) < 4.78 is 17.1. The SMILES string of the molecule is COC(=O)c1ccccc1-c1c2ccc(=O)cc-2oc2c1c(OC)cc1ccccc12. The second-order valence-corrected chi connectivity index (χ2v) is 7.18. The van der Waals surface area contributed by atoms with Crippen molar-refractivity contribution in [3.8, 4) is 28.2 Å². The van der Waals surface area contributed by atoms with Crippen molar-refractivity contribution >= 4 is 27.7 Å². The summed E-state index contributed by atoms with van der Waals surface area (Å²) in [5.41, 5.74) is 2.97. The van der Waals surface area contributed by atoms with Gasteiger partial charge in [0.05, 0.1) is 25.2 Å². The number of esters is 1. The van der Waals surface area contributed by atoms with Gasteiger partial charge in [0.15, 0.2) is 5.43 Å². The van der Waals surface area contributed by atoms with E-state index in [1.807, 2.05) is 42.5 Å². The zero-order chi connectivity index (χ0) is 21.5. The molecule has 0 N–H and O–H groups in total. The second kappa shape index (κ2) is 7.29. The van der Waals surface area contributed by atoms with E-state index in [0.717, 1.165) is 21.7 Å². The molecule has 0 unspecified atom stereocenters. The lowest BCUT2D eigenvalue weighted by molar-refractivity contribution is 0.0601.